The molecule has 0 amide bonds. The number of nitrogens with zero attached hydrogens (tertiary/aromatic N) is 2. The van der Waals surface area contributed by atoms with Crippen molar-refractivity contribution < 1.29 is 9.97 Å². The number of rotatable bonds is 2. The Bertz CT molecular complexity index is 509. The third kappa shape index (κ3) is 2.17. The van der Waals surface area contributed by atoms with Crippen molar-refractivity contribution in [3.05, 3.63) is 59.8 Å². The number of phenolic OH excluding ortho intramolecular Hbond substituents is 1. The van der Waals surface area contributed by atoms with Gasteiger partial charge in [0.1, 0.15) is 5.75 Å². The van der Waals surface area contributed by atoms with E-state index in [9.17, 15) is 10.3 Å². The van der Waals surface area contributed by atoms with Crippen LogP contribution in [0.4, 0.5) is 11.4 Å². The van der Waals surface area contributed by atoms with E-state index < -0.39 is 0 Å². The highest BCUT2D eigenvalue weighted by Crippen LogP contribution is 2.26. The summed E-state index contributed by atoms with van der Waals surface area (Å²) in [5.74, 6) is -0.0146. The van der Waals surface area contributed by atoms with Crippen LogP contribution in [-0.4, -0.2) is 9.97 Å². The van der Waals surface area contributed by atoms with Crippen molar-refractivity contribution in [2.24, 2.45) is 5.11 Å². The lowest BCUT2D eigenvalue weighted by atomic mass is 10.3. The third-order valence-electron chi connectivity index (χ3n) is 2.06. The average molecular weight is 214 g/mol. The monoisotopic (exact) mass is 214 g/mol. The molecule has 0 fully saturated rings. The van der Waals surface area contributed by atoms with E-state index in [1.54, 1.807) is 42.5 Å². The fourth-order valence-electron chi connectivity index (χ4n) is 1.26. The van der Waals surface area contributed by atoms with Gasteiger partial charge in [-0.25, -0.2) is 0 Å². The Hall–Kier alpha value is -2.36. The molecular formula is C12H10N2O2. The second kappa shape index (κ2) is 4.44. The summed E-state index contributed by atoms with van der Waals surface area (Å²) in [6, 6.07) is 15.1. The largest absolute Gasteiger partial charge is 0.594 e. The van der Waals surface area contributed by atoms with Gasteiger partial charge in [-0.3, -0.25) is 0 Å². The quantitative estimate of drug-likeness (QED) is 0.473. The molecule has 0 atom stereocenters. The van der Waals surface area contributed by atoms with Crippen molar-refractivity contribution in [1.29, 1.82) is 0 Å². The molecular weight excluding hydrogens is 204 g/mol. The van der Waals surface area contributed by atoms with Crippen LogP contribution in [0.3, 0.4) is 0 Å². The molecule has 2 aromatic carbocycles. The van der Waals surface area contributed by atoms with Gasteiger partial charge in [-0.05, 0) is 17.0 Å². The first kappa shape index (κ1) is 10.2. The minimum atomic E-state index is -0.0146. The summed E-state index contributed by atoms with van der Waals surface area (Å²) in [5, 5.41) is 24.8. The molecule has 0 aliphatic rings. The van der Waals surface area contributed by atoms with Gasteiger partial charge >= 0.3 is 0 Å². The summed E-state index contributed by atoms with van der Waals surface area (Å²) in [6.45, 7) is 0. The fraction of sp³-hybridized carbons (Fsp3) is 0. The maximum Gasteiger partial charge on any atom is 0.244 e. The van der Waals surface area contributed by atoms with Crippen LogP contribution in [0.5, 0.6) is 5.75 Å². The molecule has 0 saturated carbocycles. The van der Waals surface area contributed by atoms with Gasteiger partial charge in [0.25, 0.3) is 0 Å². The molecule has 0 aliphatic carbocycles. The zero-order valence-corrected chi connectivity index (χ0v) is 8.45. The van der Waals surface area contributed by atoms with Crippen molar-refractivity contribution in [2.45, 2.75) is 0 Å². The average Bonchev–Trinajstić information content (AvgIpc) is 2.33. The normalized spacial score (nSPS) is 11.4. The number of hydrogen-bond donors (Lipinski definition) is 1. The molecule has 0 aromatic heterocycles. The molecule has 0 spiro atoms. The van der Waals surface area contributed by atoms with Crippen LogP contribution in [0.1, 0.15) is 0 Å². The maximum absolute atomic E-state index is 11.6. The second-order valence-electron chi connectivity index (χ2n) is 3.20. The number of hydrogen-bond acceptors (Lipinski definition) is 3. The predicted octanol–water partition coefficient (Wildman–Crippen LogP) is 3.32. The molecule has 0 unspecified atom stereocenters. The highest BCUT2D eigenvalue weighted by molar-refractivity contribution is 5.49. The van der Waals surface area contributed by atoms with Crippen molar-refractivity contribution >= 4 is 11.4 Å². The second-order valence-corrected chi connectivity index (χ2v) is 3.20. The van der Waals surface area contributed by atoms with Gasteiger partial charge in [-0.15, -0.1) is 0 Å². The summed E-state index contributed by atoms with van der Waals surface area (Å²) < 4.78 is 0. The molecule has 0 saturated heterocycles. The van der Waals surface area contributed by atoms with Crippen LogP contribution in [-0.2, 0) is 0 Å². The standard InChI is InChI=1S/C12H10N2O2/c15-12-9-5-4-8-11(12)13-14(16)10-6-2-1-3-7-10/h1-9,15H. The van der Waals surface area contributed by atoms with E-state index in [1.807, 2.05) is 6.07 Å². The van der Waals surface area contributed by atoms with E-state index in [0.717, 1.165) is 0 Å². The molecule has 2 rings (SSSR count). The predicted molar refractivity (Wildman–Crippen MR) is 59.9 cm³/mol. The number of para-hydroxylation sites is 2. The Labute approximate surface area is 92.7 Å². The van der Waals surface area contributed by atoms with Crippen LogP contribution in [0.2, 0.25) is 0 Å². The molecule has 0 radical (unpaired) electrons. The first-order valence-corrected chi connectivity index (χ1v) is 4.79. The van der Waals surface area contributed by atoms with Crippen molar-refractivity contribution in [3.8, 4) is 5.75 Å². The molecule has 4 nitrogen and oxygen atoms in total. The Kier molecular flexibility index (Phi) is 2.82. The lowest BCUT2D eigenvalue weighted by Gasteiger charge is -2.00. The summed E-state index contributed by atoms with van der Waals surface area (Å²) in [5.41, 5.74) is 0.673. The number of phenols is 1. The Morgan fingerprint density at radius 1 is 0.938 bits per heavy atom. The Morgan fingerprint density at radius 3 is 2.25 bits per heavy atom. The van der Waals surface area contributed by atoms with Gasteiger partial charge in [0, 0.05) is 17.2 Å². The van der Waals surface area contributed by atoms with Gasteiger partial charge in [-0.1, -0.05) is 30.3 Å². The van der Waals surface area contributed by atoms with E-state index in [2.05, 4.69) is 5.11 Å². The van der Waals surface area contributed by atoms with E-state index in [-0.39, 0.29) is 11.4 Å². The molecule has 0 heterocycles. The van der Waals surface area contributed by atoms with Crippen molar-refractivity contribution in [3.63, 3.8) is 0 Å². The SMILES string of the molecule is [O-][N+](=Nc1ccccc1O)c1ccccc1. The molecule has 0 bridgehead atoms. The zero-order valence-electron chi connectivity index (χ0n) is 8.45. The van der Waals surface area contributed by atoms with Gasteiger partial charge in [0.2, 0.25) is 5.69 Å². The Morgan fingerprint density at radius 2 is 1.56 bits per heavy atom. The minimum absolute atomic E-state index is 0.0146. The van der Waals surface area contributed by atoms with Gasteiger partial charge in [-0.2, -0.15) is 0 Å². The molecule has 4 heteroatoms. The van der Waals surface area contributed by atoms with E-state index in [0.29, 0.717) is 10.5 Å². The van der Waals surface area contributed by atoms with Crippen LogP contribution in [0.15, 0.2) is 59.7 Å². The topological polar surface area (TPSA) is 58.7 Å². The molecule has 1 N–H and O–H groups in total. The fourth-order valence-corrected chi connectivity index (χ4v) is 1.26. The first-order valence-electron chi connectivity index (χ1n) is 4.79. The summed E-state index contributed by atoms with van der Waals surface area (Å²) in [7, 11) is 0. The summed E-state index contributed by atoms with van der Waals surface area (Å²) in [6.07, 6.45) is 0. The minimum Gasteiger partial charge on any atom is -0.594 e. The van der Waals surface area contributed by atoms with Gasteiger partial charge in [0.05, 0.1) is 0 Å². The molecule has 80 valence electrons. The van der Waals surface area contributed by atoms with Crippen LogP contribution >= 0.6 is 0 Å². The highest BCUT2D eigenvalue weighted by atomic mass is 16.5. The lowest BCUT2D eigenvalue weighted by Crippen LogP contribution is -1.89. The Balaban J connectivity index is 2.36. The van der Waals surface area contributed by atoms with Crippen molar-refractivity contribution in [1.82, 2.24) is 0 Å². The highest BCUT2D eigenvalue weighted by Gasteiger charge is 2.05. The summed E-state index contributed by atoms with van der Waals surface area (Å²) >= 11 is 0. The third-order valence-corrected chi connectivity index (χ3v) is 2.06. The van der Waals surface area contributed by atoms with Gasteiger partial charge < -0.3 is 10.3 Å². The van der Waals surface area contributed by atoms with E-state index in [1.165, 1.54) is 6.07 Å². The lowest BCUT2D eigenvalue weighted by molar-refractivity contribution is -0.435. The maximum atomic E-state index is 11.6. The van der Waals surface area contributed by atoms with Crippen LogP contribution in [0, 0.1) is 5.21 Å². The van der Waals surface area contributed by atoms with Crippen molar-refractivity contribution in [2.75, 3.05) is 0 Å². The molecule has 16 heavy (non-hydrogen) atoms. The molecule has 0 aliphatic heterocycles. The first-order chi connectivity index (χ1) is 7.77. The van der Waals surface area contributed by atoms with Crippen LogP contribution in [0.25, 0.3) is 0 Å². The van der Waals surface area contributed by atoms with Crippen LogP contribution < -0.4 is 0 Å². The number of azo groups is 1. The molecule has 2 aromatic rings. The number of aromatic hydroxyl groups is 1. The van der Waals surface area contributed by atoms with E-state index in [4.69, 9.17) is 0 Å². The number of benzene rings is 2. The van der Waals surface area contributed by atoms with Gasteiger partial charge in [0.15, 0.2) is 5.69 Å². The van der Waals surface area contributed by atoms with E-state index >= 15 is 0 Å². The summed E-state index contributed by atoms with van der Waals surface area (Å²) in [4.78, 5) is 0.481. The zero-order chi connectivity index (χ0) is 11.4. The smallest absolute Gasteiger partial charge is 0.244 e.